The van der Waals surface area contributed by atoms with E-state index < -0.39 is 0 Å². The molecule has 6 nitrogen and oxygen atoms in total. The highest BCUT2D eigenvalue weighted by Crippen LogP contribution is 2.23. The lowest BCUT2D eigenvalue weighted by molar-refractivity contribution is -0.123. The standard InChI is InChI=1S/C17H19ClN4O2/c18-14-6-1-2-7-15(14)24-12-17(23)20-13-5-4-10-22(11-13)16-8-3-9-19-21-16/h1-3,6-9,13H,4-5,10-12H2,(H,20,23)/t13-/m1/s1. The molecule has 1 atom stereocenters. The Morgan fingerprint density at radius 3 is 3.00 bits per heavy atom. The maximum Gasteiger partial charge on any atom is 0.258 e. The van der Waals surface area contributed by atoms with Gasteiger partial charge in [-0.25, -0.2) is 0 Å². The monoisotopic (exact) mass is 346 g/mol. The summed E-state index contributed by atoms with van der Waals surface area (Å²) in [5, 5.41) is 11.5. The van der Waals surface area contributed by atoms with E-state index in [4.69, 9.17) is 16.3 Å². The number of ether oxygens (including phenoxy) is 1. The van der Waals surface area contributed by atoms with E-state index in [-0.39, 0.29) is 18.6 Å². The van der Waals surface area contributed by atoms with Gasteiger partial charge in [-0.2, -0.15) is 5.10 Å². The molecule has 1 aliphatic rings. The van der Waals surface area contributed by atoms with Crippen molar-refractivity contribution in [2.24, 2.45) is 0 Å². The predicted octanol–water partition coefficient (Wildman–Crippen LogP) is 2.29. The lowest BCUT2D eigenvalue weighted by Gasteiger charge is -2.33. The average molecular weight is 347 g/mol. The van der Waals surface area contributed by atoms with Gasteiger partial charge in [0.05, 0.1) is 5.02 Å². The second-order valence-corrected chi connectivity index (χ2v) is 6.06. The number of piperidine rings is 1. The number of rotatable bonds is 5. The Morgan fingerprint density at radius 2 is 2.21 bits per heavy atom. The van der Waals surface area contributed by atoms with E-state index in [1.807, 2.05) is 24.3 Å². The molecule has 3 rings (SSSR count). The number of aromatic nitrogens is 2. The van der Waals surface area contributed by atoms with E-state index in [9.17, 15) is 4.79 Å². The van der Waals surface area contributed by atoms with Crippen LogP contribution in [0, 0.1) is 0 Å². The molecule has 1 N–H and O–H groups in total. The number of amides is 1. The Morgan fingerprint density at radius 1 is 1.33 bits per heavy atom. The van der Waals surface area contributed by atoms with Crippen LogP contribution in [0.25, 0.3) is 0 Å². The highest BCUT2D eigenvalue weighted by Gasteiger charge is 2.22. The Balaban J connectivity index is 1.50. The number of para-hydroxylation sites is 1. The molecule has 2 heterocycles. The molecule has 1 aromatic carbocycles. The second kappa shape index (κ2) is 7.97. The fourth-order valence-electron chi connectivity index (χ4n) is 2.74. The highest BCUT2D eigenvalue weighted by molar-refractivity contribution is 6.32. The molecule has 1 amide bonds. The van der Waals surface area contributed by atoms with Crippen LogP contribution in [-0.4, -0.2) is 41.8 Å². The first-order valence-corrected chi connectivity index (χ1v) is 8.29. The van der Waals surface area contributed by atoms with E-state index in [0.717, 1.165) is 31.7 Å². The van der Waals surface area contributed by atoms with Gasteiger partial charge in [0.25, 0.3) is 5.91 Å². The number of anilines is 1. The number of nitrogens with one attached hydrogen (secondary N) is 1. The summed E-state index contributed by atoms with van der Waals surface area (Å²) in [6.07, 6.45) is 3.58. The first-order valence-electron chi connectivity index (χ1n) is 7.92. The summed E-state index contributed by atoms with van der Waals surface area (Å²) in [5.41, 5.74) is 0. The van der Waals surface area contributed by atoms with Crippen LogP contribution in [0.1, 0.15) is 12.8 Å². The van der Waals surface area contributed by atoms with Crippen molar-refractivity contribution < 1.29 is 9.53 Å². The molecular weight excluding hydrogens is 328 g/mol. The van der Waals surface area contributed by atoms with Gasteiger partial charge in [-0.15, -0.1) is 5.10 Å². The number of hydrogen-bond donors (Lipinski definition) is 1. The van der Waals surface area contributed by atoms with E-state index in [1.165, 1.54) is 0 Å². The minimum Gasteiger partial charge on any atom is -0.482 e. The molecule has 1 fully saturated rings. The largest absolute Gasteiger partial charge is 0.482 e. The molecule has 0 unspecified atom stereocenters. The third kappa shape index (κ3) is 4.35. The molecular formula is C17H19ClN4O2. The van der Waals surface area contributed by atoms with Crippen molar-refractivity contribution in [2.45, 2.75) is 18.9 Å². The minimum atomic E-state index is -0.152. The van der Waals surface area contributed by atoms with Crippen LogP contribution < -0.4 is 15.0 Å². The van der Waals surface area contributed by atoms with Crippen LogP contribution in [0.15, 0.2) is 42.6 Å². The van der Waals surface area contributed by atoms with Crippen molar-refractivity contribution in [1.29, 1.82) is 0 Å². The van der Waals surface area contributed by atoms with Crippen LogP contribution in [0.3, 0.4) is 0 Å². The number of carbonyl (C=O) groups excluding carboxylic acids is 1. The topological polar surface area (TPSA) is 67.3 Å². The smallest absolute Gasteiger partial charge is 0.258 e. The molecule has 1 saturated heterocycles. The average Bonchev–Trinajstić information content (AvgIpc) is 2.62. The van der Waals surface area contributed by atoms with Crippen LogP contribution in [0.4, 0.5) is 5.82 Å². The molecule has 2 aromatic rings. The van der Waals surface area contributed by atoms with Gasteiger partial charge in [0.2, 0.25) is 0 Å². The van der Waals surface area contributed by atoms with Crippen molar-refractivity contribution in [3.8, 4) is 5.75 Å². The zero-order valence-electron chi connectivity index (χ0n) is 13.2. The number of carbonyl (C=O) groups is 1. The number of nitrogens with zero attached hydrogens (tertiary/aromatic N) is 3. The summed E-state index contributed by atoms with van der Waals surface area (Å²) >= 11 is 6.01. The van der Waals surface area contributed by atoms with E-state index in [2.05, 4.69) is 20.4 Å². The molecule has 0 bridgehead atoms. The molecule has 1 aromatic heterocycles. The summed E-state index contributed by atoms with van der Waals surface area (Å²) in [5.74, 6) is 1.20. The molecule has 0 aliphatic carbocycles. The first kappa shape index (κ1) is 16.5. The van der Waals surface area contributed by atoms with Gasteiger partial charge >= 0.3 is 0 Å². The van der Waals surface area contributed by atoms with Gasteiger partial charge in [0.1, 0.15) is 5.75 Å². The molecule has 1 aliphatic heterocycles. The van der Waals surface area contributed by atoms with Crippen molar-refractivity contribution in [3.05, 3.63) is 47.6 Å². The Labute approximate surface area is 145 Å². The van der Waals surface area contributed by atoms with Crippen molar-refractivity contribution in [3.63, 3.8) is 0 Å². The second-order valence-electron chi connectivity index (χ2n) is 5.65. The number of halogens is 1. The quantitative estimate of drug-likeness (QED) is 0.899. The molecule has 0 spiro atoms. The first-order chi connectivity index (χ1) is 11.7. The molecule has 24 heavy (non-hydrogen) atoms. The third-order valence-electron chi connectivity index (χ3n) is 3.86. The van der Waals surface area contributed by atoms with Gasteiger partial charge in [0, 0.05) is 25.3 Å². The Kier molecular flexibility index (Phi) is 5.48. The third-order valence-corrected chi connectivity index (χ3v) is 4.18. The minimum absolute atomic E-state index is 0.0502. The normalized spacial score (nSPS) is 17.4. The predicted molar refractivity (Wildman–Crippen MR) is 92.4 cm³/mol. The fourth-order valence-corrected chi connectivity index (χ4v) is 2.93. The van der Waals surface area contributed by atoms with Crippen molar-refractivity contribution >= 4 is 23.3 Å². The van der Waals surface area contributed by atoms with Crippen molar-refractivity contribution in [2.75, 3.05) is 24.6 Å². The van der Waals surface area contributed by atoms with Gasteiger partial charge < -0.3 is 15.0 Å². The Hall–Kier alpha value is -2.34. The van der Waals surface area contributed by atoms with Crippen LogP contribution in [0.5, 0.6) is 5.75 Å². The lowest BCUT2D eigenvalue weighted by atomic mass is 10.1. The maximum absolute atomic E-state index is 12.1. The maximum atomic E-state index is 12.1. The molecule has 126 valence electrons. The van der Waals surface area contributed by atoms with Crippen LogP contribution >= 0.6 is 11.6 Å². The van der Waals surface area contributed by atoms with E-state index in [1.54, 1.807) is 18.3 Å². The zero-order valence-corrected chi connectivity index (χ0v) is 13.9. The Bertz CT molecular complexity index is 683. The molecule has 0 saturated carbocycles. The highest BCUT2D eigenvalue weighted by atomic mass is 35.5. The van der Waals surface area contributed by atoms with Gasteiger partial charge in [-0.05, 0) is 37.1 Å². The van der Waals surface area contributed by atoms with Crippen molar-refractivity contribution in [1.82, 2.24) is 15.5 Å². The lowest BCUT2D eigenvalue weighted by Crippen LogP contribution is -2.49. The number of benzene rings is 1. The van der Waals surface area contributed by atoms with Gasteiger partial charge in [-0.1, -0.05) is 23.7 Å². The SMILES string of the molecule is O=C(COc1ccccc1Cl)N[C@@H]1CCCN(c2cccnn2)C1. The summed E-state index contributed by atoms with van der Waals surface area (Å²) in [6, 6.07) is 11.0. The van der Waals surface area contributed by atoms with E-state index in [0.29, 0.717) is 10.8 Å². The summed E-state index contributed by atoms with van der Waals surface area (Å²) in [4.78, 5) is 14.2. The van der Waals surface area contributed by atoms with Crippen LogP contribution in [-0.2, 0) is 4.79 Å². The number of hydrogen-bond acceptors (Lipinski definition) is 5. The molecule has 0 radical (unpaired) electrons. The molecule has 7 heteroatoms. The van der Waals surface area contributed by atoms with Gasteiger partial charge in [-0.3, -0.25) is 4.79 Å². The zero-order chi connectivity index (χ0) is 16.8. The summed E-state index contributed by atoms with van der Waals surface area (Å²) < 4.78 is 5.47. The summed E-state index contributed by atoms with van der Waals surface area (Å²) in [7, 11) is 0. The van der Waals surface area contributed by atoms with E-state index >= 15 is 0 Å². The van der Waals surface area contributed by atoms with Crippen LogP contribution in [0.2, 0.25) is 5.02 Å². The van der Waals surface area contributed by atoms with Gasteiger partial charge in [0.15, 0.2) is 12.4 Å². The fraction of sp³-hybridized carbons (Fsp3) is 0.353. The summed E-state index contributed by atoms with van der Waals surface area (Å²) in [6.45, 7) is 1.59.